The molecule has 2 aromatic rings. The fourth-order valence-corrected chi connectivity index (χ4v) is 3.18. The van der Waals surface area contributed by atoms with Crippen LogP contribution in [0.5, 0.6) is 0 Å². The molecule has 0 unspecified atom stereocenters. The van der Waals surface area contributed by atoms with E-state index in [2.05, 4.69) is 43.9 Å². The van der Waals surface area contributed by atoms with Crippen LogP contribution in [0.3, 0.4) is 0 Å². The first-order valence-electron chi connectivity index (χ1n) is 7.11. The monoisotopic (exact) mass is 337 g/mol. The van der Waals surface area contributed by atoms with Gasteiger partial charge in [0.1, 0.15) is 5.82 Å². The number of rotatable bonds is 4. The molecule has 0 bridgehead atoms. The van der Waals surface area contributed by atoms with Gasteiger partial charge in [-0.25, -0.2) is 4.98 Å². The summed E-state index contributed by atoms with van der Waals surface area (Å²) in [6, 6.07) is 6.13. The zero-order chi connectivity index (χ0) is 13.9. The van der Waals surface area contributed by atoms with Gasteiger partial charge in [0.05, 0.1) is 24.2 Å². The average molecular weight is 338 g/mol. The van der Waals surface area contributed by atoms with Crippen molar-refractivity contribution in [3.63, 3.8) is 0 Å². The highest BCUT2D eigenvalue weighted by atomic mass is 79.9. The molecule has 0 radical (unpaired) electrons. The molecule has 0 aliphatic carbocycles. The lowest BCUT2D eigenvalue weighted by atomic mass is 10.0. The second-order valence-corrected chi connectivity index (χ2v) is 6.54. The van der Waals surface area contributed by atoms with Crippen LogP contribution in [-0.4, -0.2) is 41.7 Å². The summed E-state index contributed by atoms with van der Waals surface area (Å²) in [6.07, 6.45) is 2.47. The molecule has 1 aromatic heterocycles. The first-order valence-corrected chi connectivity index (χ1v) is 7.90. The molecule has 1 N–H and O–H groups in total. The summed E-state index contributed by atoms with van der Waals surface area (Å²) in [5, 5.41) is 0. The molecule has 0 saturated carbocycles. The van der Waals surface area contributed by atoms with Crippen molar-refractivity contribution in [2.75, 3.05) is 26.8 Å². The minimum Gasteiger partial charge on any atom is -0.381 e. The normalized spacial score (nSPS) is 19.9. The molecule has 20 heavy (non-hydrogen) atoms. The Morgan fingerprint density at radius 1 is 1.50 bits per heavy atom. The van der Waals surface area contributed by atoms with Gasteiger partial charge in [0.25, 0.3) is 0 Å². The van der Waals surface area contributed by atoms with Crippen molar-refractivity contribution >= 4 is 27.0 Å². The van der Waals surface area contributed by atoms with Crippen molar-refractivity contribution in [2.45, 2.75) is 19.4 Å². The van der Waals surface area contributed by atoms with Crippen molar-refractivity contribution in [1.82, 2.24) is 14.9 Å². The highest BCUT2D eigenvalue weighted by molar-refractivity contribution is 9.10. The Morgan fingerprint density at radius 2 is 2.40 bits per heavy atom. The van der Waals surface area contributed by atoms with Crippen molar-refractivity contribution in [1.29, 1.82) is 0 Å². The van der Waals surface area contributed by atoms with E-state index in [1.807, 2.05) is 12.1 Å². The van der Waals surface area contributed by atoms with Gasteiger partial charge in [-0.3, -0.25) is 4.90 Å². The number of hydrogen-bond acceptors (Lipinski definition) is 3. The quantitative estimate of drug-likeness (QED) is 0.931. The second-order valence-electron chi connectivity index (χ2n) is 5.62. The zero-order valence-electron chi connectivity index (χ0n) is 11.7. The van der Waals surface area contributed by atoms with Gasteiger partial charge in [-0.1, -0.05) is 15.9 Å². The van der Waals surface area contributed by atoms with Gasteiger partial charge in [-0.05, 0) is 44.0 Å². The number of ether oxygens (including phenoxy) is 1. The molecular formula is C15H20BrN3O. The van der Waals surface area contributed by atoms with E-state index in [9.17, 15) is 0 Å². The molecule has 4 nitrogen and oxygen atoms in total. The number of halogens is 1. The van der Waals surface area contributed by atoms with Crippen molar-refractivity contribution in [3.05, 3.63) is 28.5 Å². The van der Waals surface area contributed by atoms with Crippen molar-refractivity contribution < 1.29 is 4.74 Å². The van der Waals surface area contributed by atoms with Crippen LogP contribution in [0.25, 0.3) is 11.0 Å². The standard InChI is InChI=1S/C15H20BrN3O/c1-19(8-11-3-2-6-20-10-11)9-15-17-13-5-4-12(16)7-14(13)18-15/h4-5,7,11H,2-3,6,8-10H2,1H3,(H,17,18)/t11-/m1/s1. The number of hydrogen-bond donors (Lipinski definition) is 1. The predicted octanol–water partition coefficient (Wildman–Crippen LogP) is 3.18. The molecular weight excluding hydrogens is 318 g/mol. The number of aromatic nitrogens is 2. The molecule has 0 spiro atoms. The van der Waals surface area contributed by atoms with Gasteiger partial charge in [0.2, 0.25) is 0 Å². The maximum absolute atomic E-state index is 5.54. The van der Waals surface area contributed by atoms with E-state index in [4.69, 9.17) is 4.74 Å². The molecule has 1 aliphatic rings. The first-order chi connectivity index (χ1) is 9.70. The first kappa shape index (κ1) is 14.0. The topological polar surface area (TPSA) is 41.2 Å². The third-order valence-corrected chi connectivity index (χ3v) is 4.23. The fraction of sp³-hybridized carbons (Fsp3) is 0.533. The maximum Gasteiger partial charge on any atom is 0.121 e. The van der Waals surface area contributed by atoms with Crippen LogP contribution < -0.4 is 0 Å². The van der Waals surface area contributed by atoms with E-state index in [0.29, 0.717) is 5.92 Å². The van der Waals surface area contributed by atoms with Crippen LogP contribution in [0.2, 0.25) is 0 Å². The molecule has 1 atom stereocenters. The summed E-state index contributed by atoms with van der Waals surface area (Å²) in [6.45, 7) is 3.75. The molecule has 108 valence electrons. The smallest absolute Gasteiger partial charge is 0.121 e. The number of H-pyrrole nitrogens is 1. The Bertz CT molecular complexity index is 578. The third kappa shape index (κ3) is 3.40. The third-order valence-electron chi connectivity index (χ3n) is 3.74. The second kappa shape index (κ2) is 6.24. The molecule has 2 heterocycles. The van der Waals surface area contributed by atoms with Gasteiger partial charge in [0.15, 0.2) is 0 Å². The number of nitrogens with one attached hydrogen (secondary N) is 1. The van der Waals surface area contributed by atoms with Crippen LogP contribution in [0.4, 0.5) is 0 Å². The Kier molecular flexibility index (Phi) is 4.38. The SMILES string of the molecule is CN(Cc1nc2ccc(Br)cc2[nH]1)C[C@H]1CCCOC1. The lowest BCUT2D eigenvalue weighted by Gasteiger charge is -2.26. The molecule has 1 saturated heterocycles. The van der Waals surface area contributed by atoms with Gasteiger partial charge in [-0.15, -0.1) is 0 Å². The Morgan fingerprint density at radius 3 is 3.20 bits per heavy atom. The van der Waals surface area contributed by atoms with E-state index in [1.54, 1.807) is 0 Å². The molecule has 5 heteroatoms. The van der Waals surface area contributed by atoms with Crippen molar-refractivity contribution in [3.8, 4) is 0 Å². The summed E-state index contributed by atoms with van der Waals surface area (Å²) in [4.78, 5) is 10.4. The number of fused-ring (bicyclic) bond motifs is 1. The fourth-order valence-electron chi connectivity index (χ4n) is 2.82. The minimum absolute atomic E-state index is 0.660. The van der Waals surface area contributed by atoms with Crippen LogP contribution in [0.15, 0.2) is 22.7 Å². The van der Waals surface area contributed by atoms with E-state index < -0.39 is 0 Å². The molecule has 1 aromatic carbocycles. The number of nitrogens with zero attached hydrogens (tertiary/aromatic N) is 2. The lowest BCUT2D eigenvalue weighted by molar-refractivity contribution is 0.0409. The average Bonchev–Trinajstić information content (AvgIpc) is 2.80. The van der Waals surface area contributed by atoms with Crippen molar-refractivity contribution in [2.24, 2.45) is 5.92 Å². The highest BCUT2D eigenvalue weighted by Gasteiger charge is 2.16. The highest BCUT2D eigenvalue weighted by Crippen LogP contribution is 2.19. The van der Waals surface area contributed by atoms with Crippen LogP contribution >= 0.6 is 15.9 Å². The van der Waals surface area contributed by atoms with Gasteiger partial charge in [0, 0.05) is 17.6 Å². The summed E-state index contributed by atoms with van der Waals surface area (Å²) in [5.74, 6) is 1.68. The van der Waals surface area contributed by atoms with Crippen LogP contribution in [0.1, 0.15) is 18.7 Å². The number of benzene rings is 1. The molecule has 1 fully saturated rings. The predicted molar refractivity (Wildman–Crippen MR) is 83.7 cm³/mol. The number of aromatic amines is 1. The van der Waals surface area contributed by atoms with E-state index in [0.717, 1.165) is 47.6 Å². The number of imidazole rings is 1. The summed E-state index contributed by atoms with van der Waals surface area (Å²) < 4.78 is 6.62. The zero-order valence-corrected chi connectivity index (χ0v) is 13.3. The van der Waals surface area contributed by atoms with E-state index in [-0.39, 0.29) is 0 Å². The molecule has 1 aliphatic heterocycles. The van der Waals surface area contributed by atoms with Gasteiger partial charge in [-0.2, -0.15) is 0 Å². The lowest BCUT2D eigenvalue weighted by Crippen LogP contribution is -2.30. The van der Waals surface area contributed by atoms with Gasteiger partial charge < -0.3 is 9.72 Å². The van der Waals surface area contributed by atoms with E-state index >= 15 is 0 Å². The summed E-state index contributed by atoms with van der Waals surface area (Å²) in [7, 11) is 2.15. The molecule has 0 amide bonds. The molecule has 3 rings (SSSR count). The summed E-state index contributed by atoms with van der Waals surface area (Å²) >= 11 is 3.49. The van der Waals surface area contributed by atoms with E-state index in [1.165, 1.54) is 12.8 Å². The van der Waals surface area contributed by atoms with Crippen LogP contribution in [-0.2, 0) is 11.3 Å². The Labute approximate surface area is 127 Å². The maximum atomic E-state index is 5.54. The summed E-state index contributed by atoms with van der Waals surface area (Å²) in [5.41, 5.74) is 2.11. The van der Waals surface area contributed by atoms with Gasteiger partial charge >= 0.3 is 0 Å². The Hall–Kier alpha value is -0.910. The van der Waals surface area contributed by atoms with Crippen LogP contribution in [0, 0.1) is 5.92 Å². The minimum atomic E-state index is 0.660. The Balaban J connectivity index is 1.63. The largest absolute Gasteiger partial charge is 0.381 e.